The molecule has 0 heterocycles. The van der Waals surface area contributed by atoms with E-state index in [0.717, 1.165) is 18.2 Å². The molecule has 0 radical (unpaired) electrons. The molecule has 1 atom stereocenters. The van der Waals surface area contributed by atoms with E-state index < -0.39 is 24.5 Å². The molecule has 84 valence electrons. The SMILES string of the molecule is OC(CC(F)(F)F)c1ccc(F)c(Br)c1. The summed E-state index contributed by atoms with van der Waals surface area (Å²) >= 11 is 2.83. The molecule has 1 aromatic carbocycles. The van der Waals surface area contributed by atoms with Crippen LogP contribution in [0.25, 0.3) is 0 Å². The second kappa shape index (κ2) is 4.49. The van der Waals surface area contributed by atoms with Crippen molar-refractivity contribution in [2.75, 3.05) is 0 Å². The molecule has 0 spiro atoms. The largest absolute Gasteiger partial charge is 0.391 e. The van der Waals surface area contributed by atoms with Gasteiger partial charge in [-0.25, -0.2) is 4.39 Å². The molecule has 0 aromatic heterocycles. The number of benzene rings is 1. The molecular formula is C9H7BrF4O. The predicted molar refractivity (Wildman–Crippen MR) is 49.7 cm³/mol. The number of aliphatic hydroxyl groups is 1. The van der Waals surface area contributed by atoms with E-state index in [1.165, 1.54) is 0 Å². The molecule has 0 bridgehead atoms. The molecule has 0 aliphatic carbocycles. The number of hydrogen-bond acceptors (Lipinski definition) is 1. The van der Waals surface area contributed by atoms with E-state index in [1.807, 2.05) is 0 Å². The highest BCUT2D eigenvalue weighted by atomic mass is 79.9. The summed E-state index contributed by atoms with van der Waals surface area (Å²) in [5, 5.41) is 9.21. The minimum absolute atomic E-state index is 0.0283. The van der Waals surface area contributed by atoms with Crippen LogP contribution in [0, 0.1) is 5.82 Å². The first-order valence-corrected chi connectivity index (χ1v) is 4.78. The zero-order chi connectivity index (χ0) is 11.6. The quantitative estimate of drug-likeness (QED) is 0.824. The maximum atomic E-state index is 12.7. The highest BCUT2D eigenvalue weighted by Crippen LogP contribution is 2.30. The standard InChI is InChI=1S/C9H7BrF4O/c10-6-3-5(1-2-7(6)11)8(15)4-9(12,13)14/h1-3,8,15H,4H2. The molecule has 1 unspecified atom stereocenters. The number of alkyl halides is 3. The van der Waals surface area contributed by atoms with Crippen LogP contribution in [0.3, 0.4) is 0 Å². The smallest absolute Gasteiger partial charge is 0.388 e. The Hall–Kier alpha value is -0.620. The lowest BCUT2D eigenvalue weighted by Crippen LogP contribution is -2.13. The number of hydrogen-bond donors (Lipinski definition) is 1. The van der Waals surface area contributed by atoms with Gasteiger partial charge < -0.3 is 5.11 Å². The molecule has 0 aliphatic heterocycles. The van der Waals surface area contributed by atoms with Crippen LogP contribution < -0.4 is 0 Å². The molecule has 1 nitrogen and oxygen atoms in total. The van der Waals surface area contributed by atoms with Crippen LogP contribution >= 0.6 is 15.9 Å². The molecule has 0 fully saturated rings. The fourth-order valence-electron chi connectivity index (χ4n) is 1.06. The normalized spacial score (nSPS) is 14.0. The molecular weight excluding hydrogens is 280 g/mol. The fraction of sp³-hybridized carbons (Fsp3) is 0.333. The zero-order valence-electron chi connectivity index (χ0n) is 7.35. The third kappa shape index (κ3) is 3.79. The van der Waals surface area contributed by atoms with E-state index in [9.17, 15) is 22.7 Å². The van der Waals surface area contributed by atoms with E-state index in [1.54, 1.807) is 0 Å². The predicted octanol–water partition coefficient (Wildman–Crippen LogP) is 3.57. The number of aliphatic hydroxyl groups excluding tert-OH is 1. The van der Waals surface area contributed by atoms with Crippen molar-refractivity contribution in [3.63, 3.8) is 0 Å². The van der Waals surface area contributed by atoms with E-state index >= 15 is 0 Å². The average molecular weight is 287 g/mol. The molecule has 0 saturated heterocycles. The van der Waals surface area contributed by atoms with Gasteiger partial charge in [0.2, 0.25) is 0 Å². The summed E-state index contributed by atoms with van der Waals surface area (Å²) in [6, 6.07) is 3.25. The van der Waals surface area contributed by atoms with Crippen molar-refractivity contribution in [2.24, 2.45) is 0 Å². The third-order valence-electron chi connectivity index (χ3n) is 1.75. The second-order valence-corrected chi connectivity index (χ2v) is 3.86. The monoisotopic (exact) mass is 286 g/mol. The van der Waals surface area contributed by atoms with Crippen LogP contribution in [-0.4, -0.2) is 11.3 Å². The van der Waals surface area contributed by atoms with E-state index in [2.05, 4.69) is 15.9 Å². The Bertz CT molecular complexity index is 350. The molecule has 1 aromatic rings. The van der Waals surface area contributed by atoms with Crippen LogP contribution in [-0.2, 0) is 0 Å². The van der Waals surface area contributed by atoms with Gasteiger partial charge in [0.1, 0.15) is 5.82 Å². The van der Waals surface area contributed by atoms with Crippen molar-refractivity contribution >= 4 is 15.9 Å². The van der Waals surface area contributed by atoms with Crippen LogP contribution in [0.5, 0.6) is 0 Å². The van der Waals surface area contributed by atoms with Crippen LogP contribution in [0.4, 0.5) is 17.6 Å². The minimum atomic E-state index is -4.44. The maximum absolute atomic E-state index is 12.7. The van der Waals surface area contributed by atoms with Gasteiger partial charge in [0.05, 0.1) is 17.0 Å². The van der Waals surface area contributed by atoms with Gasteiger partial charge in [0.25, 0.3) is 0 Å². The van der Waals surface area contributed by atoms with E-state index in [4.69, 9.17) is 0 Å². The molecule has 0 saturated carbocycles. The first kappa shape index (κ1) is 12.4. The van der Waals surface area contributed by atoms with Gasteiger partial charge in [0.15, 0.2) is 0 Å². The van der Waals surface area contributed by atoms with Crippen molar-refractivity contribution in [3.05, 3.63) is 34.1 Å². The zero-order valence-corrected chi connectivity index (χ0v) is 8.94. The van der Waals surface area contributed by atoms with E-state index in [-0.39, 0.29) is 10.0 Å². The average Bonchev–Trinajstić information content (AvgIpc) is 2.06. The van der Waals surface area contributed by atoms with Gasteiger partial charge in [-0.1, -0.05) is 6.07 Å². The highest BCUT2D eigenvalue weighted by Gasteiger charge is 2.31. The number of halogens is 5. The van der Waals surface area contributed by atoms with Gasteiger partial charge in [-0.3, -0.25) is 0 Å². The van der Waals surface area contributed by atoms with Gasteiger partial charge in [-0.15, -0.1) is 0 Å². The summed E-state index contributed by atoms with van der Waals surface area (Å²) in [6.45, 7) is 0. The topological polar surface area (TPSA) is 20.2 Å². The molecule has 15 heavy (non-hydrogen) atoms. The Labute approximate surface area is 91.9 Å². The Morgan fingerprint density at radius 3 is 2.40 bits per heavy atom. The van der Waals surface area contributed by atoms with Crippen molar-refractivity contribution in [2.45, 2.75) is 18.7 Å². The molecule has 1 rings (SSSR count). The molecule has 0 aliphatic rings. The Balaban J connectivity index is 2.83. The maximum Gasteiger partial charge on any atom is 0.391 e. The Kier molecular flexibility index (Phi) is 3.72. The lowest BCUT2D eigenvalue weighted by Gasteiger charge is -2.13. The molecule has 0 amide bonds. The van der Waals surface area contributed by atoms with Gasteiger partial charge in [-0.2, -0.15) is 13.2 Å². The summed E-state index contributed by atoms with van der Waals surface area (Å²) in [6.07, 6.45) is -7.45. The van der Waals surface area contributed by atoms with Crippen molar-refractivity contribution in [1.29, 1.82) is 0 Å². The van der Waals surface area contributed by atoms with Gasteiger partial charge in [0, 0.05) is 0 Å². The van der Waals surface area contributed by atoms with Gasteiger partial charge in [-0.05, 0) is 33.6 Å². The number of rotatable bonds is 2. The molecule has 6 heteroatoms. The van der Waals surface area contributed by atoms with Crippen LogP contribution in [0.1, 0.15) is 18.1 Å². The first-order chi connectivity index (χ1) is 6.79. The van der Waals surface area contributed by atoms with Crippen molar-refractivity contribution in [3.8, 4) is 0 Å². The van der Waals surface area contributed by atoms with Crippen LogP contribution in [0.15, 0.2) is 22.7 Å². The highest BCUT2D eigenvalue weighted by molar-refractivity contribution is 9.10. The second-order valence-electron chi connectivity index (χ2n) is 3.01. The van der Waals surface area contributed by atoms with Crippen molar-refractivity contribution in [1.82, 2.24) is 0 Å². The Morgan fingerprint density at radius 2 is 1.93 bits per heavy atom. The summed E-state index contributed by atoms with van der Waals surface area (Å²) in [5.74, 6) is -0.585. The van der Waals surface area contributed by atoms with Crippen molar-refractivity contribution < 1.29 is 22.7 Å². The summed E-state index contributed by atoms with van der Waals surface area (Å²) in [7, 11) is 0. The fourth-order valence-corrected chi connectivity index (χ4v) is 1.45. The van der Waals surface area contributed by atoms with E-state index in [0.29, 0.717) is 0 Å². The lowest BCUT2D eigenvalue weighted by molar-refractivity contribution is -0.154. The van der Waals surface area contributed by atoms with Crippen LogP contribution in [0.2, 0.25) is 0 Å². The summed E-state index contributed by atoms with van der Waals surface area (Å²) in [5.41, 5.74) is 0.0283. The summed E-state index contributed by atoms with van der Waals surface area (Å²) in [4.78, 5) is 0. The third-order valence-corrected chi connectivity index (χ3v) is 2.36. The lowest BCUT2D eigenvalue weighted by atomic mass is 10.1. The first-order valence-electron chi connectivity index (χ1n) is 3.99. The Morgan fingerprint density at radius 1 is 1.33 bits per heavy atom. The molecule has 1 N–H and O–H groups in total. The summed E-state index contributed by atoms with van der Waals surface area (Å²) < 4.78 is 48.6. The van der Waals surface area contributed by atoms with Gasteiger partial charge >= 0.3 is 6.18 Å². The minimum Gasteiger partial charge on any atom is -0.388 e.